The van der Waals surface area contributed by atoms with Crippen LogP contribution in [0.2, 0.25) is 0 Å². The molecule has 3 aliphatic heterocycles. The molecule has 6 N–H and O–H groups in total. The summed E-state index contributed by atoms with van der Waals surface area (Å²) in [5.41, 5.74) is 9.26. The number of nitrogens with zero attached hydrogens (tertiary/aromatic N) is 7. The Hall–Kier alpha value is -5.98. The van der Waals surface area contributed by atoms with Crippen molar-refractivity contribution in [2.45, 2.75) is 125 Å². The van der Waals surface area contributed by atoms with Crippen molar-refractivity contribution in [2.75, 3.05) is 54.8 Å². The number of carbonyl (C=O) groups is 5. The molecule has 0 aliphatic carbocycles. The summed E-state index contributed by atoms with van der Waals surface area (Å²) in [5.74, 6) is 0.132. The molecule has 1 atom stereocenters. The highest BCUT2D eigenvalue weighted by Gasteiger charge is 2.39. The summed E-state index contributed by atoms with van der Waals surface area (Å²) < 4.78 is 0. The minimum atomic E-state index is -0.677. The fourth-order valence-corrected chi connectivity index (χ4v) is 9.42. The van der Waals surface area contributed by atoms with Crippen molar-refractivity contribution < 1.29 is 24.0 Å². The van der Waals surface area contributed by atoms with Crippen LogP contribution in [0, 0.1) is 0 Å². The summed E-state index contributed by atoms with van der Waals surface area (Å²) in [6.45, 7) is 10.1. The standard InChI is InChI=1S/C49H64N12O5S/c1-3-23-59(24-9-7-5-4-6-8-13-43(62)55-36-11-10-12-37(29-36)67-45-32-52-42(31-53-45)60-25-20-49(2,50)21-26-60)27-22-51-41-18-16-39(57-58-41)46(64)54-30-34-14-15-38-35(28-34)33-61(48(38)66)40-17-19-44(63)56-47(40)65/h10-12,14-16,18,28-29,31-32,40H,3-9,13,17,19-27,30,33,50H2,1-2H3,(H,51,58)(H,54,64)(H,55,62)(H,56,63,65). The number of fused-ring (bicyclic) bond motifs is 1. The van der Waals surface area contributed by atoms with Crippen LogP contribution in [0.4, 0.5) is 17.3 Å². The average molecular weight is 933 g/mol. The molecule has 2 aromatic carbocycles. The molecule has 2 fully saturated rings. The Bertz CT molecular complexity index is 2340. The molecule has 67 heavy (non-hydrogen) atoms. The number of piperidine rings is 2. The average Bonchev–Trinajstić information content (AvgIpc) is 3.64. The predicted octanol–water partition coefficient (Wildman–Crippen LogP) is 5.92. The van der Waals surface area contributed by atoms with Gasteiger partial charge in [-0.15, -0.1) is 10.2 Å². The number of nitrogens with two attached hydrogens (primary N) is 1. The van der Waals surface area contributed by atoms with Gasteiger partial charge in [-0.3, -0.25) is 29.3 Å². The van der Waals surface area contributed by atoms with Crippen molar-refractivity contribution in [1.82, 2.24) is 40.6 Å². The zero-order valence-corrected chi connectivity index (χ0v) is 39.5. The molecule has 18 heteroatoms. The topological polar surface area (TPSA) is 221 Å². The number of amides is 5. The Morgan fingerprint density at radius 2 is 1.73 bits per heavy atom. The Morgan fingerprint density at radius 3 is 2.48 bits per heavy atom. The smallest absolute Gasteiger partial charge is 0.272 e. The van der Waals surface area contributed by atoms with Crippen LogP contribution in [0.1, 0.15) is 123 Å². The normalized spacial score (nSPS) is 16.8. The van der Waals surface area contributed by atoms with Gasteiger partial charge in [-0.25, -0.2) is 9.97 Å². The Labute approximate surface area is 397 Å². The molecular formula is C49H64N12O5S. The van der Waals surface area contributed by atoms with Crippen LogP contribution in [-0.2, 0) is 27.5 Å². The maximum Gasteiger partial charge on any atom is 0.272 e. The van der Waals surface area contributed by atoms with E-state index in [4.69, 9.17) is 5.73 Å². The van der Waals surface area contributed by atoms with E-state index in [-0.39, 0.29) is 54.4 Å². The first-order valence-corrected chi connectivity index (χ1v) is 24.5. The van der Waals surface area contributed by atoms with Gasteiger partial charge in [0.05, 0.1) is 12.4 Å². The second-order valence-electron chi connectivity index (χ2n) is 18.0. The first-order valence-electron chi connectivity index (χ1n) is 23.7. The van der Waals surface area contributed by atoms with Crippen molar-refractivity contribution in [3.63, 3.8) is 0 Å². The summed E-state index contributed by atoms with van der Waals surface area (Å²) in [7, 11) is 0. The van der Waals surface area contributed by atoms with Crippen molar-refractivity contribution >= 4 is 58.6 Å². The molecule has 5 heterocycles. The van der Waals surface area contributed by atoms with E-state index in [1.165, 1.54) is 16.7 Å². The van der Waals surface area contributed by atoms with Gasteiger partial charge in [0.25, 0.3) is 11.8 Å². The van der Waals surface area contributed by atoms with Gasteiger partial charge in [-0.05, 0) is 106 Å². The maximum absolute atomic E-state index is 13.0. The van der Waals surface area contributed by atoms with Crippen molar-refractivity contribution in [3.05, 3.63) is 89.4 Å². The third-order valence-electron chi connectivity index (χ3n) is 12.5. The molecule has 3 aliphatic rings. The summed E-state index contributed by atoms with van der Waals surface area (Å²) in [6.07, 6.45) is 14.0. The van der Waals surface area contributed by atoms with Gasteiger partial charge in [0.2, 0.25) is 17.7 Å². The first-order chi connectivity index (χ1) is 32.4. The number of unbranched alkanes of at least 4 members (excludes halogenated alkanes) is 5. The number of hydrogen-bond acceptors (Lipinski definition) is 14. The van der Waals surface area contributed by atoms with E-state index in [2.05, 4.69) is 65.1 Å². The second-order valence-corrected chi connectivity index (χ2v) is 19.1. The second kappa shape index (κ2) is 23.7. The molecule has 2 saturated heterocycles. The number of hydrogen-bond donors (Lipinski definition) is 5. The lowest BCUT2D eigenvalue weighted by atomic mass is 9.91. The molecule has 7 rings (SSSR count). The summed E-state index contributed by atoms with van der Waals surface area (Å²) in [5, 5.41) is 20.7. The molecule has 0 radical (unpaired) electrons. The van der Waals surface area contributed by atoms with E-state index < -0.39 is 11.9 Å². The predicted molar refractivity (Wildman–Crippen MR) is 258 cm³/mol. The number of carbonyl (C=O) groups excluding carboxylic acids is 5. The van der Waals surface area contributed by atoms with Crippen LogP contribution in [0.15, 0.2) is 76.9 Å². The number of benzene rings is 2. The number of anilines is 3. The molecular weight excluding hydrogens is 869 g/mol. The lowest BCUT2D eigenvalue weighted by Gasteiger charge is -2.37. The van der Waals surface area contributed by atoms with Crippen LogP contribution < -0.4 is 31.9 Å². The first kappa shape index (κ1) is 48.9. The molecule has 0 bridgehead atoms. The molecule has 0 spiro atoms. The minimum Gasteiger partial charge on any atom is -0.367 e. The van der Waals surface area contributed by atoms with Gasteiger partial charge in [-0.1, -0.05) is 62.6 Å². The third-order valence-corrected chi connectivity index (χ3v) is 13.4. The van der Waals surface area contributed by atoms with Gasteiger partial charge < -0.3 is 36.4 Å². The highest BCUT2D eigenvalue weighted by atomic mass is 32.2. The van der Waals surface area contributed by atoms with Gasteiger partial charge in [0, 0.05) is 73.8 Å². The summed E-state index contributed by atoms with van der Waals surface area (Å²) in [4.78, 5) is 79.1. The van der Waals surface area contributed by atoms with Crippen LogP contribution in [-0.4, -0.2) is 110 Å². The number of aromatic nitrogens is 4. The van der Waals surface area contributed by atoms with E-state index in [1.807, 2.05) is 42.7 Å². The fraction of sp³-hybridized carbons (Fsp3) is 0.490. The minimum absolute atomic E-state index is 0.0325. The zero-order valence-electron chi connectivity index (χ0n) is 38.7. The molecule has 0 saturated carbocycles. The fourth-order valence-electron chi connectivity index (χ4n) is 8.63. The summed E-state index contributed by atoms with van der Waals surface area (Å²) >= 11 is 1.53. The Kier molecular flexibility index (Phi) is 17.3. The van der Waals surface area contributed by atoms with Crippen LogP contribution in [0.25, 0.3) is 0 Å². The van der Waals surface area contributed by atoms with Gasteiger partial charge in [-0.2, -0.15) is 0 Å². The van der Waals surface area contributed by atoms with Crippen molar-refractivity contribution in [2.24, 2.45) is 5.73 Å². The quantitative estimate of drug-likeness (QED) is 0.0431. The molecule has 2 aromatic heterocycles. The lowest BCUT2D eigenvalue weighted by Crippen LogP contribution is -2.52. The highest BCUT2D eigenvalue weighted by molar-refractivity contribution is 7.99. The van der Waals surface area contributed by atoms with Crippen LogP contribution in [0.5, 0.6) is 0 Å². The molecule has 17 nitrogen and oxygen atoms in total. The van der Waals surface area contributed by atoms with Gasteiger partial charge in [0.1, 0.15) is 22.7 Å². The highest BCUT2D eigenvalue weighted by Crippen LogP contribution is 2.30. The molecule has 5 amide bonds. The number of rotatable bonds is 23. The SMILES string of the molecule is CCCN(CCCCCCCCC(=O)Nc1cccc(Sc2cnc(N3CCC(C)(N)CC3)cn2)c1)CCNc1ccc(C(=O)NCc2ccc3c(c2)CN(C2CCC(=O)NC2=O)C3=O)nn1. The number of imide groups is 1. The third kappa shape index (κ3) is 14.3. The van der Waals surface area contributed by atoms with E-state index >= 15 is 0 Å². The Morgan fingerprint density at radius 1 is 0.925 bits per heavy atom. The van der Waals surface area contributed by atoms with E-state index in [0.29, 0.717) is 30.8 Å². The largest absolute Gasteiger partial charge is 0.367 e. The van der Waals surface area contributed by atoms with Crippen molar-refractivity contribution in [3.8, 4) is 0 Å². The molecule has 356 valence electrons. The number of nitrogens with one attached hydrogen (secondary N) is 4. The van der Waals surface area contributed by atoms with Crippen LogP contribution in [0.3, 0.4) is 0 Å². The zero-order chi connectivity index (χ0) is 47.2. The van der Waals surface area contributed by atoms with Crippen LogP contribution >= 0.6 is 11.8 Å². The summed E-state index contributed by atoms with van der Waals surface area (Å²) in [6, 6.07) is 15.9. The van der Waals surface area contributed by atoms with E-state index in [9.17, 15) is 24.0 Å². The van der Waals surface area contributed by atoms with E-state index in [1.54, 1.807) is 24.3 Å². The maximum atomic E-state index is 13.0. The Balaban J connectivity index is 0.727. The van der Waals surface area contributed by atoms with Gasteiger partial charge >= 0.3 is 0 Å². The monoisotopic (exact) mass is 932 g/mol. The molecule has 4 aromatic rings. The lowest BCUT2D eigenvalue weighted by molar-refractivity contribution is -0.137. The molecule has 1 unspecified atom stereocenters. The van der Waals surface area contributed by atoms with Crippen molar-refractivity contribution in [1.29, 1.82) is 0 Å². The van der Waals surface area contributed by atoms with E-state index in [0.717, 1.165) is 123 Å². The van der Waals surface area contributed by atoms with Gasteiger partial charge in [0.15, 0.2) is 5.69 Å².